The summed E-state index contributed by atoms with van der Waals surface area (Å²) in [5.74, 6) is 0.769. The van der Waals surface area contributed by atoms with Crippen LogP contribution in [0.1, 0.15) is 370 Å². The first-order valence-corrected chi connectivity index (χ1v) is 52.2. The summed E-state index contributed by atoms with van der Waals surface area (Å²) in [6, 6.07) is 33.0. The SMILES string of the molecule is CCCCCCCCCCCCCC[C@@H](O)[C@@H](O)[C@H](CO[C@H]1OC(CO)[C@H](O)[C@H](O)C1O)NC(=O)CCCCCCCCCCCNC(=O)C1CCNCC1.CCCCCCCCCCCCCC[C@@H](OCc1ccccc1)[C@@H](OCc1ccccc1)[C@H](CO[C@H]1OC(COCc2ccccc2)[C@H](C)[C@H](C)C1C)NC(=O)CCCCCCCCCCCNC(=O)c1ccncc1. The Bertz CT molecular complexity index is 3410. The molecule has 0 aliphatic carbocycles. The van der Waals surface area contributed by atoms with Gasteiger partial charge >= 0.3 is 0 Å². The second kappa shape index (κ2) is 73.4. The number of piperidine rings is 1. The maximum absolute atomic E-state index is 14.2. The second-order valence-corrected chi connectivity index (χ2v) is 38.0. The van der Waals surface area contributed by atoms with Crippen LogP contribution in [0.2, 0.25) is 0 Å². The minimum atomic E-state index is -1.62. The van der Waals surface area contributed by atoms with Crippen LogP contribution in [-0.2, 0) is 67.4 Å². The van der Waals surface area contributed by atoms with Gasteiger partial charge in [-0.15, -0.1) is 0 Å². The normalized spacial score (nSPS) is 20.8. The standard InChI is InChI=1S/C66H99N3O7.C42H81N3O10/c1-5-6-7-8-9-10-11-12-14-17-20-32-41-61(73-49-57-37-28-24-29-38-57)64(74-50-58-39-30-25-31-40-58)60(51-75-66-55(4)53(2)54(3)62(76-66)52-72-48-56-35-26-23-27-36-56)69-63(70)42-33-21-18-15-13-16-19-22-34-45-68-65(71)59-43-46-67-47-44-59;1-2-3-4-5-6-7-8-9-11-14-17-20-23-34(47)37(49)33(31-54-42-40(52)39(51)38(50)35(30-46)55-42)45-36(48)24-21-18-15-12-10-13-16-19-22-27-44-41(53)32-25-28-43-29-26-32/h23-31,35-40,43-44,46-47,53-55,60-62,64,66H,5-22,32-34,41-42,45,48-52H2,1-4H3,(H,68,71)(H,69,70);32-35,37-40,42-43,46-47,49-52H,2-31H2,1H3,(H,44,53)(H,45,48)/t53-,54+,55?,60-,61+,62?,64-,66-;33-,34+,35?,37-,38-,39-,40?,42-/m00/s1. The molecule has 3 aliphatic heterocycles. The summed E-state index contributed by atoms with van der Waals surface area (Å²) >= 11 is 0. The van der Waals surface area contributed by atoms with Gasteiger partial charge in [0.1, 0.15) is 36.6 Å². The molecule has 0 radical (unpaired) electrons. The predicted molar refractivity (Wildman–Crippen MR) is 523 cm³/mol. The van der Waals surface area contributed by atoms with E-state index >= 15 is 0 Å². The van der Waals surface area contributed by atoms with Crippen LogP contribution in [-0.4, -0.2) is 191 Å². The molecular weight excluding hydrogens is 1650 g/mol. The number of aliphatic hydroxyl groups excluding tert-OH is 6. The summed E-state index contributed by atoms with van der Waals surface area (Å²) in [6.45, 7) is 15.7. The predicted octanol–water partition coefficient (Wildman–Crippen LogP) is 19.4. The average molecular weight is 1830 g/mol. The van der Waals surface area contributed by atoms with Crippen molar-refractivity contribution in [1.82, 2.24) is 31.6 Å². The number of ether oxygens (including phenoxy) is 7. The number of nitrogens with one attached hydrogen (secondary N) is 5. The van der Waals surface area contributed by atoms with Gasteiger partial charge in [-0.2, -0.15) is 0 Å². The zero-order valence-electron chi connectivity index (χ0n) is 81.6. The van der Waals surface area contributed by atoms with Crippen molar-refractivity contribution >= 4 is 23.6 Å². The third-order valence-corrected chi connectivity index (χ3v) is 27.1. The highest BCUT2D eigenvalue weighted by molar-refractivity contribution is 5.93. The lowest BCUT2D eigenvalue weighted by molar-refractivity contribution is -0.303. The van der Waals surface area contributed by atoms with Crippen LogP contribution in [0, 0.1) is 23.7 Å². The Balaban J connectivity index is 0.000000426. The van der Waals surface area contributed by atoms with Gasteiger partial charge in [-0.05, 0) is 105 Å². The van der Waals surface area contributed by atoms with E-state index in [4.69, 9.17) is 33.2 Å². The molecular formula is C108H180N6O17. The number of aliphatic hydroxyl groups is 6. The monoisotopic (exact) mass is 1830 g/mol. The fourth-order valence-electron chi connectivity index (χ4n) is 18.1. The van der Waals surface area contributed by atoms with E-state index in [1.807, 2.05) is 42.5 Å². The van der Waals surface area contributed by atoms with E-state index < -0.39 is 74.0 Å². The molecule has 11 N–H and O–H groups in total. The number of nitrogens with zero attached hydrogens (tertiary/aromatic N) is 1. The molecule has 16 atom stereocenters. The molecule has 4 aromatic rings. The first-order chi connectivity index (χ1) is 64.0. The summed E-state index contributed by atoms with van der Waals surface area (Å²) in [4.78, 5) is 55.8. The van der Waals surface area contributed by atoms with E-state index in [2.05, 4.69) is 115 Å². The number of unbranched alkanes of at least 4 members (excludes halogenated alkanes) is 38. The van der Waals surface area contributed by atoms with Gasteiger partial charge in [0.25, 0.3) is 5.91 Å². The number of carbonyl (C=O) groups is 4. The van der Waals surface area contributed by atoms with Crippen LogP contribution in [0.5, 0.6) is 0 Å². The van der Waals surface area contributed by atoms with Crippen LogP contribution in [0.4, 0.5) is 0 Å². The van der Waals surface area contributed by atoms with Crippen molar-refractivity contribution < 1.29 is 83.0 Å². The molecule has 23 heteroatoms. The van der Waals surface area contributed by atoms with Gasteiger partial charge in [0.15, 0.2) is 12.6 Å². The summed E-state index contributed by atoms with van der Waals surface area (Å²) in [5, 5.41) is 77.9. The highest BCUT2D eigenvalue weighted by atomic mass is 16.7. The fraction of sp³-hybridized carbons (Fsp3) is 0.750. The Morgan fingerprint density at radius 1 is 0.443 bits per heavy atom. The van der Waals surface area contributed by atoms with Crippen LogP contribution in [0.15, 0.2) is 116 Å². The van der Waals surface area contributed by atoms with Crippen molar-refractivity contribution in [3.63, 3.8) is 0 Å². The number of carbonyl (C=O) groups excluding carboxylic acids is 4. The highest BCUT2D eigenvalue weighted by Crippen LogP contribution is 2.37. The Morgan fingerprint density at radius 2 is 0.855 bits per heavy atom. The smallest absolute Gasteiger partial charge is 0.251 e. The molecule has 3 aliphatic rings. The van der Waals surface area contributed by atoms with Gasteiger partial charge in [0.2, 0.25) is 17.7 Å². The summed E-state index contributed by atoms with van der Waals surface area (Å²) in [5.41, 5.74) is 3.96. The molecule has 0 spiro atoms. The Kier molecular flexibility index (Phi) is 63.8. The maximum atomic E-state index is 14.2. The Labute approximate surface area is 790 Å². The molecule has 3 aromatic carbocycles. The van der Waals surface area contributed by atoms with Crippen LogP contribution >= 0.6 is 0 Å². The van der Waals surface area contributed by atoms with Crippen molar-refractivity contribution in [3.05, 3.63) is 138 Å². The first kappa shape index (κ1) is 114. The van der Waals surface area contributed by atoms with E-state index in [0.717, 1.165) is 190 Å². The van der Waals surface area contributed by atoms with Gasteiger partial charge in [-0.3, -0.25) is 24.2 Å². The lowest BCUT2D eigenvalue weighted by Crippen LogP contribution is -2.60. The number of amides is 4. The van der Waals surface area contributed by atoms with Crippen molar-refractivity contribution in [2.24, 2.45) is 23.7 Å². The average Bonchev–Trinajstić information content (AvgIpc) is 0.809. The molecule has 744 valence electrons. The minimum absolute atomic E-state index is 0.0110. The van der Waals surface area contributed by atoms with Gasteiger partial charge in [-0.25, -0.2) is 0 Å². The highest BCUT2D eigenvalue weighted by Gasteiger charge is 2.46. The Morgan fingerprint density at radius 3 is 1.34 bits per heavy atom. The van der Waals surface area contributed by atoms with Gasteiger partial charge in [0.05, 0.1) is 76.6 Å². The number of rotatable bonds is 75. The number of hydrogen-bond donors (Lipinski definition) is 11. The maximum Gasteiger partial charge on any atom is 0.251 e. The third-order valence-electron chi connectivity index (χ3n) is 27.1. The van der Waals surface area contributed by atoms with Crippen molar-refractivity contribution in [1.29, 1.82) is 0 Å². The molecule has 4 amide bonds. The molecule has 0 saturated carbocycles. The van der Waals surface area contributed by atoms with E-state index in [0.29, 0.717) is 63.7 Å². The molecule has 4 heterocycles. The third kappa shape index (κ3) is 50.2. The zero-order chi connectivity index (χ0) is 93.8. The lowest BCUT2D eigenvalue weighted by atomic mass is 9.79. The van der Waals surface area contributed by atoms with Crippen molar-refractivity contribution in [3.8, 4) is 0 Å². The number of aromatic nitrogens is 1. The largest absolute Gasteiger partial charge is 0.394 e. The fourth-order valence-corrected chi connectivity index (χ4v) is 18.1. The van der Waals surface area contributed by atoms with E-state index in [1.54, 1.807) is 24.5 Å². The number of benzene rings is 3. The summed E-state index contributed by atoms with van der Waals surface area (Å²) < 4.78 is 45.2. The number of pyridine rings is 1. The van der Waals surface area contributed by atoms with E-state index in [9.17, 15) is 49.8 Å². The molecule has 7 rings (SSSR count). The van der Waals surface area contributed by atoms with Gasteiger partial charge in [-0.1, -0.05) is 370 Å². The molecule has 3 fully saturated rings. The molecule has 1 aromatic heterocycles. The first-order valence-electron chi connectivity index (χ1n) is 52.2. The Hall–Kier alpha value is -5.87. The summed E-state index contributed by atoms with van der Waals surface area (Å²) in [6.07, 6.45) is 44.3. The molecule has 23 nitrogen and oxygen atoms in total. The topological polar surface area (TPSA) is 327 Å². The van der Waals surface area contributed by atoms with E-state index in [1.165, 1.54) is 128 Å². The van der Waals surface area contributed by atoms with Gasteiger partial charge in [0, 0.05) is 55.7 Å². The lowest BCUT2D eigenvalue weighted by Gasteiger charge is -2.44. The molecule has 0 bridgehead atoms. The van der Waals surface area contributed by atoms with Crippen LogP contribution < -0.4 is 26.6 Å². The zero-order valence-corrected chi connectivity index (χ0v) is 81.6. The summed E-state index contributed by atoms with van der Waals surface area (Å²) in [7, 11) is 0. The molecule has 131 heavy (non-hydrogen) atoms. The van der Waals surface area contributed by atoms with Crippen LogP contribution in [0.3, 0.4) is 0 Å². The molecule has 4 unspecified atom stereocenters. The minimum Gasteiger partial charge on any atom is -0.394 e. The van der Waals surface area contributed by atoms with E-state index in [-0.39, 0.29) is 73.2 Å². The van der Waals surface area contributed by atoms with Crippen LogP contribution in [0.25, 0.3) is 0 Å². The second-order valence-electron chi connectivity index (χ2n) is 38.0. The number of hydrogen-bond acceptors (Lipinski definition) is 19. The van der Waals surface area contributed by atoms with Crippen molar-refractivity contribution in [2.45, 2.75) is 442 Å². The molecule has 3 saturated heterocycles. The van der Waals surface area contributed by atoms with Crippen molar-refractivity contribution in [2.75, 3.05) is 52.6 Å². The van der Waals surface area contributed by atoms with Gasteiger partial charge < -0.3 is 90.4 Å². The quantitative estimate of drug-likeness (QED) is 0.0183.